The van der Waals surface area contributed by atoms with Crippen LogP contribution in [0.5, 0.6) is 0 Å². The van der Waals surface area contributed by atoms with Gasteiger partial charge >= 0.3 is 0 Å². The van der Waals surface area contributed by atoms with Gasteiger partial charge in [-0.05, 0) is 33.1 Å². The van der Waals surface area contributed by atoms with Crippen LogP contribution >= 0.6 is 0 Å². The summed E-state index contributed by atoms with van der Waals surface area (Å²) in [5, 5.41) is 11.2. The Labute approximate surface area is 141 Å². The Balaban J connectivity index is 1.67. The monoisotopic (exact) mass is 331 g/mol. The Bertz CT molecular complexity index is 699. The van der Waals surface area contributed by atoms with E-state index in [0.717, 1.165) is 48.1 Å². The van der Waals surface area contributed by atoms with Crippen LogP contribution in [-0.4, -0.2) is 37.7 Å². The van der Waals surface area contributed by atoms with Gasteiger partial charge in [-0.3, -0.25) is 9.89 Å². The molecule has 0 bridgehead atoms. The second-order valence-electron chi connectivity index (χ2n) is 6.78. The molecule has 1 unspecified atom stereocenters. The number of likely N-dealkylation sites (tertiary alicyclic amines) is 1. The normalized spacial score (nSPS) is 17.9. The number of rotatable bonds is 5. The number of hydrogen-bond acceptors (Lipinski definition) is 5. The molecule has 2 aromatic rings. The molecule has 3 heterocycles. The number of nitrogens with zero attached hydrogens (tertiary/aromatic N) is 4. The zero-order valence-electron chi connectivity index (χ0n) is 14.8. The average molecular weight is 331 g/mol. The molecule has 1 atom stereocenters. The fraction of sp³-hybridized carbons (Fsp3) is 0.647. The molecule has 7 nitrogen and oxygen atoms in total. The lowest BCUT2D eigenvalue weighted by atomic mass is 10.1. The lowest BCUT2D eigenvalue weighted by Crippen LogP contribution is -2.31. The zero-order valence-corrected chi connectivity index (χ0v) is 14.8. The predicted molar refractivity (Wildman–Crippen MR) is 88.5 cm³/mol. The smallest absolute Gasteiger partial charge is 0.223 e. The molecular weight excluding hydrogens is 306 g/mol. The van der Waals surface area contributed by atoms with Crippen LogP contribution in [0, 0.1) is 13.8 Å². The summed E-state index contributed by atoms with van der Waals surface area (Å²) < 4.78 is 5.17. The number of aromatic nitrogens is 4. The van der Waals surface area contributed by atoms with Crippen molar-refractivity contribution >= 4 is 5.91 Å². The van der Waals surface area contributed by atoms with Crippen LogP contribution in [0.1, 0.15) is 73.7 Å². The van der Waals surface area contributed by atoms with Gasteiger partial charge in [-0.15, -0.1) is 0 Å². The predicted octanol–water partition coefficient (Wildman–Crippen LogP) is 2.83. The lowest BCUT2D eigenvalue weighted by molar-refractivity contribution is -0.132. The molecule has 1 saturated heterocycles. The number of aromatic amines is 1. The third-order valence-corrected chi connectivity index (χ3v) is 4.70. The van der Waals surface area contributed by atoms with Crippen molar-refractivity contribution in [1.82, 2.24) is 25.2 Å². The van der Waals surface area contributed by atoms with Crippen molar-refractivity contribution in [3.8, 4) is 0 Å². The van der Waals surface area contributed by atoms with Crippen LogP contribution in [0.15, 0.2) is 4.52 Å². The first-order valence-corrected chi connectivity index (χ1v) is 8.60. The number of hydrogen-bond donors (Lipinski definition) is 1. The van der Waals surface area contributed by atoms with Gasteiger partial charge in [0.05, 0.1) is 11.7 Å². The number of H-pyrrole nitrogens is 1. The molecule has 0 saturated carbocycles. The van der Waals surface area contributed by atoms with Crippen molar-refractivity contribution in [2.75, 3.05) is 6.54 Å². The van der Waals surface area contributed by atoms with Crippen LogP contribution in [-0.2, 0) is 11.2 Å². The Morgan fingerprint density at radius 2 is 2.21 bits per heavy atom. The lowest BCUT2D eigenvalue weighted by Gasteiger charge is -2.23. The maximum Gasteiger partial charge on any atom is 0.223 e. The maximum atomic E-state index is 12.7. The van der Waals surface area contributed by atoms with Crippen molar-refractivity contribution in [2.45, 2.75) is 65.3 Å². The highest BCUT2D eigenvalue weighted by molar-refractivity contribution is 5.77. The van der Waals surface area contributed by atoms with Crippen molar-refractivity contribution in [3.63, 3.8) is 0 Å². The number of carbonyl (C=O) groups is 1. The Morgan fingerprint density at radius 3 is 2.83 bits per heavy atom. The molecule has 1 aliphatic heterocycles. The van der Waals surface area contributed by atoms with Gasteiger partial charge in [-0.2, -0.15) is 5.10 Å². The summed E-state index contributed by atoms with van der Waals surface area (Å²) in [5.41, 5.74) is 1.91. The summed E-state index contributed by atoms with van der Waals surface area (Å²) >= 11 is 0. The molecule has 1 amide bonds. The molecule has 0 aliphatic carbocycles. The summed E-state index contributed by atoms with van der Waals surface area (Å²) in [4.78, 5) is 19.2. The Kier molecular flexibility index (Phi) is 4.69. The van der Waals surface area contributed by atoms with Crippen molar-refractivity contribution < 1.29 is 9.32 Å². The van der Waals surface area contributed by atoms with Crippen LogP contribution in [0.4, 0.5) is 0 Å². The van der Waals surface area contributed by atoms with E-state index in [4.69, 9.17) is 4.52 Å². The molecule has 0 aromatic carbocycles. The molecular formula is C17H25N5O2. The molecule has 7 heteroatoms. The van der Waals surface area contributed by atoms with Crippen LogP contribution in [0.2, 0.25) is 0 Å². The van der Waals surface area contributed by atoms with E-state index in [0.29, 0.717) is 12.8 Å². The third kappa shape index (κ3) is 3.20. The Morgan fingerprint density at radius 1 is 1.42 bits per heavy atom. The fourth-order valence-electron chi connectivity index (χ4n) is 3.28. The number of aryl methyl sites for hydroxylation is 2. The van der Waals surface area contributed by atoms with Gasteiger partial charge in [0, 0.05) is 24.4 Å². The van der Waals surface area contributed by atoms with E-state index in [1.54, 1.807) is 0 Å². The SMILES string of the molecule is Cc1noc(C)c1CCC(=O)N1CCCC1c1nc(C(C)C)n[nH]1. The van der Waals surface area contributed by atoms with Gasteiger partial charge in [0.15, 0.2) is 5.82 Å². The zero-order chi connectivity index (χ0) is 17.3. The van der Waals surface area contributed by atoms with E-state index >= 15 is 0 Å². The molecule has 2 aromatic heterocycles. The molecule has 0 spiro atoms. The number of carbonyl (C=O) groups excluding carboxylic acids is 1. The first-order chi connectivity index (χ1) is 11.5. The van der Waals surface area contributed by atoms with E-state index in [2.05, 4.69) is 34.2 Å². The molecule has 1 fully saturated rings. The maximum absolute atomic E-state index is 12.7. The molecule has 130 valence electrons. The summed E-state index contributed by atoms with van der Waals surface area (Å²) in [5.74, 6) is 2.84. The minimum atomic E-state index is 0.0159. The first-order valence-electron chi connectivity index (χ1n) is 8.60. The quantitative estimate of drug-likeness (QED) is 0.910. The molecule has 1 N–H and O–H groups in total. The van der Waals surface area contributed by atoms with E-state index in [1.807, 2.05) is 18.7 Å². The third-order valence-electron chi connectivity index (χ3n) is 4.70. The van der Waals surface area contributed by atoms with E-state index in [-0.39, 0.29) is 17.9 Å². The minimum absolute atomic E-state index is 0.0159. The summed E-state index contributed by atoms with van der Waals surface area (Å²) in [7, 11) is 0. The molecule has 24 heavy (non-hydrogen) atoms. The topological polar surface area (TPSA) is 87.9 Å². The second-order valence-corrected chi connectivity index (χ2v) is 6.78. The highest BCUT2D eigenvalue weighted by Crippen LogP contribution is 2.31. The Hall–Kier alpha value is -2.18. The number of amides is 1. The van der Waals surface area contributed by atoms with E-state index < -0.39 is 0 Å². The standard InChI is InChI=1S/C17H25N5O2/c1-10(2)16-18-17(20-19-16)14-6-5-9-22(14)15(23)8-7-13-11(3)21-24-12(13)4/h10,14H,5-9H2,1-4H3,(H,18,19,20). The summed E-state index contributed by atoms with van der Waals surface area (Å²) in [6.07, 6.45) is 3.06. The van der Waals surface area contributed by atoms with Crippen molar-refractivity contribution in [3.05, 3.63) is 28.7 Å². The highest BCUT2D eigenvalue weighted by Gasteiger charge is 2.32. The van der Waals surface area contributed by atoms with Crippen LogP contribution in [0.3, 0.4) is 0 Å². The highest BCUT2D eigenvalue weighted by atomic mass is 16.5. The minimum Gasteiger partial charge on any atom is -0.361 e. The largest absolute Gasteiger partial charge is 0.361 e. The van der Waals surface area contributed by atoms with Crippen molar-refractivity contribution in [2.24, 2.45) is 0 Å². The fourth-order valence-corrected chi connectivity index (χ4v) is 3.28. The van der Waals surface area contributed by atoms with Crippen LogP contribution in [0.25, 0.3) is 0 Å². The average Bonchev–Trinajstić information content (AvgIpc) is 3.25. The van der Waals surface area contributed by atoms with Crippen LogP contribution < -0.4 is 0 Å². The molecule has 1 aliphatic rings. The summed E-state index contributed by atoms with van der Waals surface area (Å²) in [6, 6.07) is 0.0159. The van der Waals surface area contributed by atoms with Crippen molar-refractivity contribution in [1.29, 1.82) is 0 Å². The van der Waals surface area contributed by atoms with Gasteiger partial charge in [0.25, 0.3) is 0 Å². The second kappa shape index (κ2) is 6.75. The van der Waals surface area contributed by atoms with Gasteiger partial charge in [0.2, 0.25) is 5.91 Å². The van der Waals surface area contributed by atoms with Gasteiger partial charge in [0.1, 0.15) is 11.6 Å². The van der Waals surface area contributed by atoms with Gasteiger partial charge in [-0.1, -0.05) is 19.0 Å². The number of nitrogens with one attached hydrogen (secondary N) is 1. The van der Waals surface area contributed by atoms with Gasteiger partial charge < -0.3 is 9.42 Å². The van der Waals surface area contributed by atoms with Gasteiger partial charge in [-0.25, -0.2) is 4.98 Å². The first kappa shape index (κ1) is 16.7. The van der Waals surface area contributed by atoms with E-state index in [1.165, 1.54) is 0 Å². The summed E-state index contributed by atoms with van der Waals surface area (Å²) in [6.45, 7) is 8.71. The molecule has 3 rings (SSSR count). The van der Waals surface area contributed by atoms with E-state index in [9.17, 15) is 4.79 Å². The molecule has 0 radical (unpaired) electrons.